The van der Waals surface area contributed by atoms with Crippen LogP contribution in [-0.2, 0) is 19.4 Å². The Morgan fingerprint density at radius 1 is 1.23 bits per heavy atom. The van der Waals surface area contributed by atoms with Gasteiger partial charge in [0.15, 0.2) is 15.2 Å². The van der Waals surface area contributed by atoms with Crippen LogP contribution in [0.3, 0.4) is 0 Å². The van der Waals surface area contributed by atoms with Gasteiger partial charge in [-0.15, -0.1) is 0 Å². The number of nitrogens with one attached hydrogen (secondary N) is 1. The fourth-order valence-electron chi connectivity index (χ4n) is 4.09. The number of carbonyl (C=O) groups excluding carboxylic acids is 2. The molecule has 30 heavy (non-hydrogen) atoms. The third-order valence-electron chi connectivity index (χ3n) is 5.73. The molecule has 2 amide bonds. The van der Waals surface area contributed by atoms with E-state index < -0.39 is 49.8 Å². The van der Waals surface area contributed by atoms with E-state index in [-0.39, 0.29) is 17.0 Å². The highest BCUT2D eigenvalue weighted by atomic mass is 32.2. The number of carbonyl (C=O) groups is 3. The van der Waals surface area contributed by atoms with Crippen molar-refractivity contribution in [2.24, 2.45) is 0 Å². The summed E-state index contributed by atoms with van der Waals surface area (Å²) in [5, 5.41) is 14.4. The first-order valence-electron chi connectivity index (χ1n) is 9.11. The van der Waals surface area contributed by atoms with Crippen LogP contribution < -0.4 is 5.32 Å². The number of aromatic nitrogens is 1. The molecule has 2 fully saturated rings. The molecule has 0 aliphatic carbocycles. The third-order valence-corrected chi connectivity index (χ3v) is 8.55. The van der Waals surface area contributed by atoms with E-state index in [0.29, 0.717) is 5.56 Å². The van der Waals surface area contributed by atoms with Crippen molar-refractivity contribution in [3.63, 3.8) is 0 Å². The number of aliphatic carboxylic acids is 1. The summed E-state index contributed by atoms with van der Waals surface area (Å²) in [6.07, 6.45) is 0. The average molecular weight is 433 g/mol. The zero-order valence-electron chi connectivity index (χ0n) is 16.3. The molecule has 1 aromatic heterocycles. The number of rotatable bonds is 4. The Kier molecular flexibility index (Phi) is 4.28. The number of benzene rings is 1. The van der Waals surface area contributed by atoms with Gasteiger partial charge < -0.3 is 19.8 Å². The van der Waals surface area contributed by atoms with E-state index >= 15 is 0 Å². The first-order chi connectivity index (χ1) is 14.0. The van der Waals surface area contributed by atoms with Crippen molar-refractivity contribution >= 4 is 27.6 Å². The summed E-state index contributed by atoms with van der Waals surface area (Å²) < 4.78 is 29.3. The summed E-state index contributed by atoms with van der Waals surface area (Å²) in [5.41, 5.74) is 0.950. The largest absolute Gasteiger partial charge is 0.480 e. The second-order valence-corrected chi connectivity index (χ2v) is 10.4. The lowest BCUT2D eigenvalue weighted by Crippen LogP contribution is -2.72. The number of sulfone groups is 1. The van der Waals surface area contributed by atoms with E-state index in [1.807, 2.05) is 0 Å². The van der Waals surface area contributed by atoms with Gasteiger partial charge in [-0.2, -0.15) is 0 Å². The zero-order chi connectivity index (χ0) is 22.0. The van der Waals surface area contributed by atoms with Gasteiger partial charge in [0.2, 0.25) is 5.91 Å². The van der Waals surface area contributed by atoms with E-state index in [9.17, 15) is 27.9 Å². The molecule has 0 bridgehead atoms. The summed E-state index contributed by atoms with van der Waals surface area (Å²) in [6, 6.07) is 5.86. The van der Waals surface area contributed by atoms with Gasteiger partial charge in [0.05, 0.1) is 0 Å². The topological polar surface area (TPSA) is 147 Å². The number of carboxylic acid groups (broad SMARTS) is 1. The van der Waals surface area contributed by atoms with Gasteiger partial charge in [-0.25, -0.2) is 13.2 Å². The SMILES string of the molecule is Cc1onc(-c2ccccc2)c1C(=O)NC1C(=O)N2C(C(=O)O)C(C)(C)S(=O)(=O)C12. The van der Waals surface area contributed by atoms with E-state index in [1.54, 1.807) is 30.3 Å². The van der Waals surface area contributed by atoms with Gasteiger partial charge in [-0.3, -0.25) is 9.59 Å². The lowest BCUT2D eigenvalue weighted by molar-refractivity contribution is -0.159. The number of fused-ring (bicyclic) bond motifs is 1. The third kappa shape index (κ3) is 2.51. The van der Waals surface area contributed by atoms with Crippen LogP contribution in [0.1, 0.15) is 30.0 Å². The van der Waals surface area contributed by atoms with Gasteiger partial charge in [0.1, 0.15) is 33.8 Å². The highest BCUT2D eigenvalue weighted by Crippen LogP contribution is 2.46. The van der Waals surface area contributed by atoms with Crippen LogP contribution in [0.4, 0.5) is 0 Å². The second kappa shape index (κ2) is 6.39. The van der Waals surface area contributed by atoms with E-state index in [2.05, 4.69) is 10.5 Å². The highest BCUT2D eigenvalue weighted by Gasteiger charge is 2.72. The molecule has 11 heteroatoms. The Morgan fingerprint density at radius 2 is 1.87 bits per heavy atom. The van der Waals surface area contributed by atoms with Crippen molar-refractivity contribution in [1.82, 2.24) is 15.4 Å². The molecule has 0 radical (unpaired) electrons. The van der Waals surface area contributed by atoms with E-state index in [0.717, 1.165) is 4.90 Å². The van der Waals surface area contributed by atoms with Gasteiger partial charge in [0.25, 0.3) is 5.91 Å². The summed E-state index contributed by atoms with van der Waals surface area (Å²) >= 11 is 0. The zero-order valence-corrected chi connectivity index (χ0v) is 17.1. The monoisotopic (exact) mass is 433 g/mol. The van der Waals surface area contributed by atoms with Crippen molar-refractivity contribution < 1.29 is 32.4 Å². The first kappa shape index (κ1) is 20.1. The Morgan fingerprint density at radius 3 is 2.47 bits per heavy atom. The number of aryl methyl sites for hydroxylation is 1. The van der Waals surface area contributed by atoms with Gasteiger partial charge >= 0.3 is 5.97 Å². The fourth-order valence-corrected chi connectivity index (χ4v) is 6.30. The number of carboxylic acids is 1. The number of nitrogens with zero attached hydrogens (tertiary/aromatic N) is 2. The summed E-state index contributed by atoms with van der Waals surface area (Å²) in [6.45, 7) is 4.06. The molecule has 2 N–H and O–H groups in total. The van der Waals surface area contributed by atoms with Crippen LogP contribution >= 0.6 is 0 Å². The lowest BCUT2D eigenvalue weighted by Gasteiger charge is -2.42. The molecule has 10 nitrogen and oxygen atoms in total. The minimum atomic E-state index is -4.06. The second-order valence-electron chi connectivity index (χ2n) is 7.80. The summed E-state index contributed by atoms with van der Waals surface area (Å²) in [7, 11) is -4.06. The molecule has 2 aromatic rings. The standard InChI is InChI=1S/C19H19N3O7S/c1-9-11(12(21-29-9)10-7-5-4-6-8-10)15(23)20-13-16(24)22-14(18(25)26)19(2,3)30(27,28)17(13)22/h4-8,13-14,17H,1-3H3,(H,20,23)(H,25,26). The fraction of sp³-hybridized carbons (Fsp3) is 0.368. The molecule has 3 atom stereocenters. The molecule has 2 saturated heterocycles. The van der Waals surface area contributed by atoms with Crippen molar-refractivity contribution in [3.8, 4) is 11.3 Å². The minimum Gasteiger partial charge on any atom is -0.480 e. The predicted octanol–water partition coefficient (Wildman–Crippen LogP) is 0.577. The molecule has 3 heterocycles. The Balaban J connectivity index is 1.66. The van der Waals surface area contributed by atoms with Crippen molar-refractivity contribution in [2.75, 3.05) is 0 Å². The molecule has 0 saturated carbocycles. The summed E-state index contributed by atoms with van der Waals surface area (Å²) in [5.74, 6) is -2.69. The molecule has 2 aliphatic rings. The Hall–Kier alpha value is -3.21. The molecule has 4 rings (SSSR count). The van der Waals surface area contributed by atoms with Crippen LogP contribution in [0.15, 0.2) is 34.9 Å². The van der Waals surface area contributed by atoms with Gasteiger partial charge in [0, 0.05) is 5.56 Å². The maximum atomic E-state index is 13.0. The van der Waals surface area contributed by atoms with Crippen molar-refractivity contribution in [1.29, 1.82) is 0 Å². The summed E-state index contributed by atoms with van der Waals surface area (Å²) in [4.78, 5) is 38.0. The Bertz CT molecular complexity index is 1170. The molecule has 1 aromatic carbocycles. The van der Waals surface area contributed by atoms with Crippen LogP contribution in [0.2, 0.25) is 0 Å². The molecule has 158 valence electrons. The maximum absolute atomic E-state index is 13.0. The number of hydrogen-bond acceptors (Lipinski definition) is 7. The van der Waals surface area contributed by atoms with Crippen LogP contribution in [0, 0.1) is 6.92 Å². The normalized spacial score (nSPS) is 26.0. The number of hydrogen-bond donors (Lipinski definition) is 2. The maximum Gasteiger partial charge on any atom is 0.328 e. The van der Waals surface area contributed by atoms with Crippen molar-refractivity contribution in [2.45, 2.75) is 43.0 Å². The molecule has 2 aliphatic heterocycles. The molecule has 0 spiro atoms. The van der Waals surface area contributed by atoms with E-state index in [1.165, 1.54) is 20.8 Å². The lowest BCUT2D eigenvalue weighted by atomic mass is 9.95. The van der Waals surface area contributed by atoms with Gasteiger partial charge in [-0.05, 0) is 20.8 Å². The molecular formula is C19H19N3O7S. The van der Waals surface area contributed by atoms with Crippen molar-refractivity contribution in [3.05, 3.63) is 41.7 Å². The molecular weight excluding hydrogens is 414 g/mol. The number of β-lactam (4-membered cyclic amide) rings is 1. The van der Waals surface area contributed by atoms with Crippen LogP contribution in [0.25, 0.3) is 11.3 Å². The quantitative estimate of drug-likeness (QED) is 0.666. The first-order valence-corrected chi connectivity index (χ1v) is 10.7. The minimum absolute atomic E-state index is 0.0805. The van der Waals surface area contributed by atoms with E-state index in [4.69, 9.17) is 4.52 Å². The molecule has 3 unspecified atom stereocenters. The van der Waals surface area contributed by atoms with Gasteiger partial charge in [-0.1, -0.05) is 35.5 Å². The Labute approximate surface area is 171 Å². The highest BCUT2D eigenvalue weighted by molar-refractivity contribution is 7.94. The number of amides is 2. The van der Waals surface area contributed by atoms with Crippen LogP contribution in [-0.4, -0.2) is 63.6 Å². The smallest absolute Gasteiger partial charge is 0.328 e. The predicted molar refractivity (Wildman–Crippen MR) is 103 cm³/mol. The van der Waals surface area contributed by atoms with Crippen LogP contribution in [0.5, 0.6) is 0 Å². The average Bonchev–Trinajstić information content (AvgIpc) is 3.13.